The first kappa shape index (κ1) is 12.5. The molecule has 1 aromatic heterocycles. The fourth-order valence-electron chi connectivity index (χ4n) is 2.36. The summed E-state index contributed by atoms with van der Waals surface area (Å²) < 4.78 is 2.12. The Labute approximate surface area is 103 Å². The lowest BCUT2D eigenvalue weighted by atomic mass is 10.2. The zero-order chi connectivity index (χ0) is 12.1. The van der Waals surface area contributed by atoms with Crippen molar-refractivity contribution < 1.29 is 0 Å². The Kier molecular flexibility index (Phi) is 4.50. The molecular weight excluding hydrogens is 214 g/mol. The van der Waals surface area contributed by atoms with Gasteiger partial charge in [0, 0.05) is 25.7 Å². The summed E-state index contributed by atoms with van der Waals surface area (Å²) in [6.45, 7) is 9.65. The van der Waals surface area contributed by atoms with Gasteiger partial charge >= 0.3 is 0 Å². The van der Waals surface area contributed by atoms with Gasteiger partial charge in [-0.15, -0.1) is 10.2 Å². The number of hydrogen-bond acceptors (Lipinski definition) is 4. The van der Waals surface area contributed by atoms with Crippen molar-refractivity contribution in [2.45, 2.75) is 45.8 Å². The highest BCUT2D eigenvalue weighted by Crippen LogP contribution is 2.12. The highest BCUT2D eigenvalue weighted by atomic mass is 15.3. The minimum atomic E-state index is 0.660. The number of nitrogens with one attached hydrogen (secondary N) is 1. The molecule has 1 aliphatic rings. The zero-order valence-electron chi connectivity index (χ0n) is 10.9. The summed E-state index contributed by atoms with van der Waals surface area (Å²) in [5.41, 5.74) is 0. The molecular formula is C12H23N5. The topological polar surface area (TPSA) is 46.0 Å². The Hall–Kier alpha value is -0.940. The van der Waals surface area contributed by atoms with Gasteiger partial charge in [-0.25, -0.2) is 0 Å². The lowest BCUT2D eigenvalue weighted by Gasteiger charge is -2.16. The maximum atomic E-state index is 4.19. The molecule has 1 atom stereocenters. The molecule has 1 fully saturated rings. The molecule has 96 valence electrons. The fraction of sp³-hybridized carbons (Fsp3) is 0.833. The van der Waals surface area contributed by atoms with Gasteiger partial charge in [-0.3, -0.25) is 4.90 Å². The Balaban J connectivity index is 1.81. The van der Waals surface area contributed by atoms with Crippen molar-refractivity contribution in [2.24, 2.45) is 0 Å². The summed E-state index contributed by atoms with van der Waals surface area (Å²) in [5.74, 6) is 1.09. The molecule has 0 spiro atoms. The van der Waals surface area contributed by atoms with Crippen LogP contribution < -0.4 is 5.32 Å². The lowest BCUT2D eigenvalue weighted by molar-refractivity contribution is 0.306. The molecule has 17 heavy (non-hydrogen) atoms. The molecule has 1 N–H and O–H groups in total. The van der Waals surface area contributed by atoms with Gasteiger partial charge in [0.1, 0.15) is 12.2 Å². The molecule has 0 radical (unpaired) electrons. The second-order valence-corrected chi connectivity index (χ2v) is 4.71. The monoisotopic (exact) mass is 237 g/mol. The van der Waals surface area contributed by atoms with Gasteiger partial charge in [-0.05, 0) is 26.3 Å². The molecule has 0 amide bonds. The Bertz CT molecular complexity index is 335. The lowest BCUT2D eigenvalue weighted by Crippen LogP contribution is -2.33. The average Bonchev–Trinajstić information content (AvgIpc) is 2.96. The molecule has 5 heteroatoms. The molecule has 0 saturated carbocycles. The minimum absolute atomic E-state index is 0.660. The van der Waals surface area contributed by atoms with Crippen molar-refractivity contribution in [1.29, 1.82) is 0 Å². The highest BCUT2D eigenvalue weighted by molar-refractivity contribution is 4.89. The van der Waals surface area contributed by atoms with Crippen LogP contribution in [0.25, 0.3) is 0 Å². The number of rotatable bonds is 6. The van der Waals surface area contributed by atoms with Crippen molar-refractivity contribution in [3.63, 3.8) is 0 Å². The first-order valence-corrected chi connectivity index (χ1v) is 6.66. The molecule has 0 bridgehead atoms. The summed E-state index contributed by atoms with van der Waals surface area (Å²) in [4.78, 5) is 2.46. The van der Waals surface area contributed by atoms with Gasteiger partial charge in [0.25, 0.3) is 0 Å². The van der Waals surface area contributed by atoms with Crippen molar-refractivity contribution in [3.8, 4) is 0 Å². The number of aromatic nitrogens is 3. The van der Waals surface area contributed by atoms with Crippen LogP contribution in [0.15, 0.2) is 6.33 Å². The van der Waals surface area contributed by atoms with Gasteiger partial charge in [-0.1, -0.05) is 6.92 Å². The van der Waals surface area contributed by atoms with Crippen LogP contribution in [-0.4, -0.2) is 45.3 Å². The van der Waals surface area contributed by atoms with Crippen LogP contribution in [0.1, 0.15) is 32.5 Å². The third-order valence-electron chi connectivity index (χ3n) is 3.36. The van der Waals surface area contributed by atoms with Crippen LogP contribution in [0.5, 0.6) is 0 Å². The van der Waals surface area contributed by atoms with E-state index in [0.717, 1.165) is 38.5 Å². The van der Waals surface area contributed by atoms with Crippen molar-refractivity contribution in [1.82, 2.24) is 25.0 Å². The summed E-state index contributed by atoms with van der Waals surface area (Å²) >= 11 is 0. The van der Waals surface area contributed by atoms with Gasteiger partial charge in [0.05, 0.1) is 6.54 Å². The maximum Gasteiger partial charge on any atom is 0.146 e. The summed E-state index contributed by atoms with van der Waals surface area (Å²) in [6, 6.07) is 0.660. The molecule has 0 aliphatic carbocycles. The SMILES string of the molecule is CCCNC1CCN(Cc2nncn2CC)C1. The van der Waals surface area contributed by atoms with Crippen LogP contribution >= 0.6 is 0 Å². The van der Waals surface area contributed by atoms with Crippen molar-refractivity contribution in [2.75, 3.05) is 19.6 Å². The predicted octanol–water partition coefficient (Wildman–Crippen LogP) is 0.872. The van der Waals surface area contributed by atoms with Gasteiger partial charge in [-0.2, -0.15) is 0 Å². The van der Waals surface area contributed by atoms with E-state index in [1.54, 1.807) is 0 Å². The predicted molar refractivity (Wildman–Crippen MR) is 67.7 cm³/mol. The minimum Gasteiger partial charge on any atom is -0.317 e. The van der Waals surface area contributed by atoms with Crippen molar-refractivity contribution in [3.05, 3.63) is 12.2 Å². The Morgan fingerprint density at radius 1 is 1.47 bits per heavy atom. The molecule has 1 saturated heterocycles. The van der Waals surface area contributed by atoms with Gasteiger partial charge < -0.3 is 9.88 Å². The number of likely N-dealkylation sites (tertiary alicyclic amines) is 1. The largest absolute Gasteiger partial charge is 0.317 e. The van der Waals surface area contributed by atoms with E-state index >= 15 is 0 Å². The molecule has 2 heterocycles. The third-order valence-corrected chi connectivity index (χ3v) is 3.36. The summed E-state index contributed by atoms with van der Waals surface area (Å²) in [6.07, 6.45) is 4.28. The normalized spacial score (nSPS) is 21.2. The molecule has 1 aliphatic heterocycles. The van der Waals surface area contributed by atoms with Crippen LogP contribution in [0.2, 0.25) is 0 Å². The molecule has 2 rings (SSSR count). The quantitative estimate of drug-likeness (QED) is 0.797. The fourth-order valence-corrected chi connectivity index (χ4v) is 2.36. The number of nitrogens with zero attached hydrogens (tertiary/aromatic N) is 4. The second kappa shape index (κ2) is 6.12. The van der Waals surface area contributed by atoms with Gasteiger partial charge in [0.2, 0.25) is 0 Å². The van der Waals surface area contributed by atoms with E-state index in [9.17, 15) is 0 Å². The van der Waals surface area contributed by atoms with E-state index in [2.05, 4.69) is 38.8 Å². The average molecular weight is 237 g/mol. The van der Waals surface area contributed by atoms with Crippen molar-refractivity contribution >= 4 is 0 Å². The zero-order valence-corrected chi connectivity index (χ0v) is 10.9. The summed E-state index contributed by atoms with van der Waals surface area (Å²) in [7, 11) is 0. The van der Waals surface area contributed by atoms with Crippen LogP contribution in [0, 0.1) is 0 Å². The van der Waals surface area contributed by atoms with Crippen LogP contribution in [-0.2, 0) is 13.1 Å². The van der Waals surface area contributed by atoms with Crippen LogP contribution in [0.4, 0.5) is 0 Å². The molecule has 1 aromatic rings. The highest BCUT2D eigenvalue weighted by Gasteiger charge is 2.22. The van der Waals surface area contributed by atoms with E-state index in [1.807, 2.05) is 6.33 Å². The standard InChI is InChI=1S/C12H23N5/c1-3-6-13-11-5-7-16(8-11)9-12-15-14-10-17(12)4-2/h10-11,13H,3-9H2,1-2H3. The van der Waals surface area contributed by atoms with E-state index < -0.39 is 0 Å². The number of hydrogen-bond donors (Lipinski definition) is 1. The molecule has 5 nitrogen and oxygen atoms in total. The smallest absolute Gasteiger partial charge is 0.146 e. The van der Waals surface area contributed by atoms with E-state index in [0.29, 0.717) is 6.04 Å². The molecule has 1 unspecified atom stereocenters. The summed E-state index contributed by atoms with van der Waals surface area (Å²) in [5, 5.41) is 11.7. The number of aryl methyl sites for hydroxylation is 1. The maximum absolute atomic E-state index is 4.19. The second-order valence-electron chi connectivity index (χ2n) is 4.71. The van der Waals surface area contributed by atoms with Crippen LogP contribution in [0.3, 0.4) is 0 Å². The first-order chi connectivity index (χ1) is 8.33. The van der Waals surface area contributed by atoms with E-state index in [-0.39, 0.29) is 0 Å². The first-order valence-electron chi connectivity index (χ1n) is 6.66. The Morgan fingerprint density at radius 2 is 2.35 bits per heavy atom. The Morgan fingerprint density at radius 3 is 3.12 bits per heavy atom. The van der Waals surface area contributed by atoms with E-state index in [1.165, 1.54) is 12.8 Å². The third kappa shape index (κ3) is 3.26. The van der Waals surface area contributed by atoms with E-state index in [4.69, 9.17) is 0 Å². The molecule has 0 aromatic carbocycles. The van der Waals surface area contributed by atoms with Gasteiger partial charge in [0.15, 0.2) is 0 Å².